The Morgan fingerprint density at radius 1 is 1.24 bits per heavy atom. The van der Waals surface area contributed by atoms with Gasteiger partial charge in [0.25, 0.3) is 0 Å². The second-order valence-corrected chi connectivity index (χ2v) is 5.11. The van der Waals surface area contributed by atoms with Gasteiger partial charge in [0.1, 0.15) is 5.03 Å². The number of hydrogen-bond acceptors (Lipinski definition) is 5. The average Bonchev–Trinajstić information content (AvgIpc) is 2.88. The molecule has 0 bridgehead atoms. The maximum absolute atomic E-state index is 13.9. The lowest BCUT2D eigenvalue weighted by molar-refractivity contribution is 0.551. The van der Waals surface area contributed by atoms with Crippen molar-refractivity contribution in [2.45, 2.75) is 17.1 Å². The third kappa shape index (κ3) is 2.66. The molecule has 0 unspecified atom stereocenters. The molecule has 21 heavy (non-hydrogen) atoms. The van der Waals surface area contributed by atoms with Crippen LogP contribution in [0.2, 0.25) is 0 Å². The molecule has 0 atom stereocenters. The van der Waals surface area contributed by atoms with Gasteiger partial charge in [0, 0.05) is 18.8 Å². The van der Waals surface area contributed by atoms with Crippen LogP contribution < -0.4 is 5.32 Å². The fourth-order valence-electron chi connectivity index (χ4n) is 1.79. The quantitative estimate of drug-likeness (QED) is 0.803. The molecular weight excluding hydrogens is 296 g/mol. The molecule has 3 rings (SSSR count). The first kappa shape index (κ1) is 13.7. The van der Waals surface area contributed by atoms with Crippen LogP contribution in [0.25, 0.3) is 5.65 Å². The molecule has 0 aliphatic carbocycles. The summed E-state index contributed by atoms with van der Waals surface area (Å²) in [6.07, 6.45) is 1.77. The summed E-state index contributed by atoms with van der Waals surface area (Å²) >= 11 is 0.996. The van der Waals surface area contributed by atoms with E-state index in [2.05, 4.69) is 20.5 Å². The van der Waals surface area contributed by atoms with Crippen molar-refractivity contribution in [3.63, 3.8) is 0 Å². The Hall–Kier alpha value is -2.22. The van der Waals surface area contributed by atoms with Gasteiger partial charge in [-0.15, -0.1) is 10.2 Å². The van der Waals surface area contributed by atoms with E-state index in [-0.39, 0.29) is 10.8 Å². The number of rotatable bonds is 4. The smallest absolute Gasteiger partial charge is 0.202 e. The lowest BCUT2D eigenvalue weighted by Crippen LogP contribution is -2.04. The van der Waals surface area contributed by atoms with Gasteiger partial charge in [-0.25, -0.2) is 13.8 Å². The number of halogens is 2. The highest BCUT2D eigenvalue weighted by atomic mass is 32.2. The van der Waals surface area contributed by atoms with E-state index in [1.54, 1.807) is 16.7 Å². The van der Waals surface area contributed by atoms with Gasteiger partial charge in [-0.3, -0.25) is 4.40 Å². The molecular formula is C13H11F2N5S. The van der Waals surface area contributed by atoms with Crippen molar-refractivity contribution in [1.29, 1.82) is 0 Å². The highest BCUT2D eigenvalue weighted by molar-refractivity contribution is 7.99. The first-order valence-electron chi connectivity index (χ1n) is 6.26. The highest BCUT2D eigenvalue weighted by Gasteiger charge is 2.15. The zero-order chi connectivity index (χ0) is 14.8. The summed E-state index contributed by atoms with van der Waals surface area (Å²) < 4.78 is 29.1. The number of hydrogen-bond donors (Lipinski definition) is 1. The molecule has 5 nitrogen and oxygen atoms in total. The van der Waals surface area contributed by atoms with E-state index in [1.165, 1.54) is 0 Å². The predicted octanol–water partition coefficient (Wildman–Crippen LogP) is 2.99. The topological polar surface area (TPSA) is 55.1 Å². The van der Waals surface area contributed by atoms with Gasteiger partial charge in [-0.2, -0.15) is 0 Å². The van der Waals surface area contributed by atoms with Crippen molar-refractivity contribution in [2.24, 2.45) is 0 Å². The summed E-state index contributed by atoms with van der Waals surface area (Å²) in [5.41, 5.74) is 0.648. The van der Waals surface area contributed by atoms with Crippen molar-refractivity contribution < 1.29 is 8.78 Å². The van der Waals surface area contributed by atoms with Crippen LogP contribution in [-0.2, 0) is 0 Å². The van der Waals surface area contributed by atoms with Crippen molar-refractivity contribution in [1.82, 2.24) is 19.6 Å². The van der Waals surface area contributed by atoms with E-state index >= 15 is 0 Å². The van der Waals surface area contributed by atoms with Crippen LogP contribution in [0.15, 0.2) is 40.6 Å². The lowest BCUT2D eigenvalue weighted by atomic mass is 10.4. The third-order valence-electron chi connectivity index (χ3n) is 2.71. The molecule has 0 radical (unpaired) electrons. The Kier molecular flexibility index (Phi) is 3.70. The summed E-state index contributed by atoms with van der Waals surface area (Å²) in [7, 11) is 0. The molecule has 0 saturated carbocycles. The number of aromatic nitrogens is 4. The number of fused-ring (bicyclic) bond motifs is 1. The zero-order valence-electron chi connectivity index (χ0n) is 11.0. The van der Waals surface area contributed by atoms with Crippen LogP contribution in [0.4, 0.5) is 14.6 Å². The minimum atomic E-state index is -0.730. The molecule has 0 aromatic carbocycles. The van der Waals surface area contributed by atoms with Gasteiger partial charge >= 0.3 is 0 Å². The fraction of sp³-hybridized carbons (Fsp3) is 0.154. The molecule has 0 spiro atoms. The number of nitrogens with one attached hydrogen (secondary N) is 1. The summed E-state index contributed by atoms with van der Waals surface area (Å²) in [5, 5.41) is 11.2. The molecule has 8 heteroatoms. The Morgan fingerprint density at radius 3 is 2.90 bits per heavy atom. The second kappa shape index (κ2) is 5.65. The minimum Gasteiger partial charge on any atom is -0.368 e. The largest absolute Gasteiger partial charge is 0.368 e. The van der Waals surface area contributed by atoms with E-state index in [4.69, 9.17) is 0 Å². The van der Waals surface area contributed by atoms with Crippen molar-refractivity contribution in [3.05, 3.63) is 42.1 Å². The van der Waals surface area contributed by atoms with Crippen LogP contribution in [0, 0.1) is 11.6 Å². The molecule has 108 valence electrons. The van der Waals surface area contributed by atoms with E-state index in [1.807, 2.05) is 19.1 Å². The van der Waals surface area contributed by atoms with Gasteiger partial charge in [-0.05, 0) is 30.8 Å². The summed E-state index contributed by atoms with van der Waals surface area (Å²) in [5.74, 6) is -1.42. The van der Waals surface area contributed by atoms with Crippen LogP contribution >= 0.6 is 11.8 Å². The van der Waals surface area contributed by atoms with E-state index in [0.29, 0.717) is 17.3 Å². The summed E-state index contributed by atoms with van der Waals surface area (Å²) in [6, 6.07) is 6.25. The lowest BCUT2D eigenvalue weighted by Gasteiger charge is -2.07. The SMILES string of the molecule is CCNc1nc(Sc2nnc3ccccn23)c(F)cc1F. The number of anilines is 1. The molecule has 0 aliphatic heterocycles. The zero-order valence-corrected chi connectivity index (χ0v) is 11.9. The average molecular weight is 307 g/mol. The second-order valence-electron chi connectivity index (χ2n) is 4.15. The van der Waals surface area contributed by atoms with Crippen molar-refractivity contribution >= 4 is 23.2 Å². The van der Waals surface area contributed by atoms with E-state index in [9.17, 15) is 8.78 Å². The van der Waals surface area contributed by atoms with Crippen LogP contribution in [-0.4, -0.2) is 26.1 Å². The number of nitrogens with zero attached hydrogens (tertiary/aromatic N) is 4. The predicted molar refractivity (Wildman–Crippen MR) is 75.4 cm³/mol. The number of pyridine rings is 2. The Bertz CT molecular complexity index is 789. The molecule has 3 aromatic heterocycles. The maximum Gasteiger partial charge on any atom is 0.202 e. The van der Waals surface area contributed by atoms with Crippen molar-refractivity contribution in [2.75, 3.05) is 11.9 Å². The molecule has 0 amide bonds. The summed E-state index contributed by atoms with van der Waals surface area (Å²) in [6.45, 7) is 2.30. The molecule has 0 fully saturated rings. The van der Waals surface area contributed by atoms with Gasteiger partial charge in [-0.1, -0.05) is 6.07 Å². The molecule has 3 aromatic rings. The molecule has 0 aliphatic rings. The highest BCUT2D eigenvalue weighted by Crippen LogP contribution is 2.29. The maximum atomic E-state index is 13.9. The van der Waals surface area contributed by atoms with Gasteiger partial charge in [0.2, 0.25) is 5.16 Å². The minimum absolute atomic E-state index is 0.0234. The van der Waals surface area contributed by atoms with Gasteiger partial charge < -0.3 is 5.32 Å². The Labute approximate surface area is 123 Å². The normalized spacial score (nSPS) is 11.0. The molecule has 3 heterocycles. The molecule has 0 saturated heterocycles. The first-order valence-corrected chi connectivity index (χ1v) is 7.08. The van der Waals surface area contributed by atoms with E-state index < -0.39 is 11.6 Å². The molecule has 1 N–H and O–H groups in total. The van der Waals surface area contributed by atoms with Gasteiger partial charge in [0.05, 0.1) is 0 Å². The monoisotopic (exact) mass is 307 g/mol. The van der Waals surface area contributed by atoms with Crippen molar-refractivity contribution in [3.8, 4) is 0 Å². The van der Waals surface area contributed by atoms with Crippen LogP contribution in [0.1, 0.15) is 6.92 Å². The fourth-order valence-corrected chi connectivity index (χ4v) is 2.59. The Morgan fingerprint density at radius 2 is 2.10 bits per heavy atom. The van der Waals surface area contributed by atoms with Crippen LogP contribution in [0.5, 0.6) is 0 Å². The van der Waals surface area contributed by atoms with Crippen LogP contribution in [0.3, 0.4) is 0 Å². The third-order valence-corrected chi connectivity index (χ3v) is 3.65. The Balaban J connectivity index is 1.99. The standard InChI is InChI=1S/C13H11F2N5S/c1-2-16-11-8(14)7-9(15)12(17-11)21-13-19-18-10-5-3-4-6-20(10)13/h3-7H,2H2,1H3,(H,16,17). The summed E-state index contributed by atoms with van der Waals surface area (Å²) in [4.78, 5) is 3.96. The first-order chi connectivity index (χ1) is 10.2. The van der Waals surface area contributed by atoms with Gasteiger partial charge in [0.15, 0.2) is 23.1 Å². The van der Waals surface area contributed by atoms with E-state index in [0.717, 1.165) is 17.8 Å².